The largest absolute Gasteiger partial charge is 0.265 e. The second kappa shape index (κ2) is 6.12. The fourth-order valence-electron chi connectivity index (χ4n) is 3.34. The van der Waals surface area contributed by atoms with Crippen LogP contribution in [0.1, 0.15) is 22.5 Å². The minimum absolute atomic E-state index is 0.661. The van der Waals surface area contributed by atoms with E-state index >= 15 is 0 Å². The van der Waals surface area contributed by atoms with Crippen molar-refractivity contribution in [2.75, 3.05) is 0 Å². The Labute approximate surface area is 151 Å². The summed E-state index contributed by atoms with van der Waals surface area (Å²) in [5.41, 5.74) is 7.98. The quantitative estimate of drug-likeness (QED) is 0.572. The third-order valence-corrected chi connectivity index (χ3v) is 4.69. The summed E-state index contributed by atoms with van der Waals surface area (Å²) in [4.78, 5) is 0. The molecule has 0 unspecified atom stereocenters. The number of benzene rings is 2. The highest BCUT2D eigenvalue weighted by atomic mass is 15.4. The molecular formula is C20H18N6. The Morgan fingerprint density at radius 2 is 1.85 bits per heavy atom. The van der Waals surface area contributed by atoms with Crippen LogP contribution in [0, 0.1) is 25.2 Å². The Hall–Kier alpha value is -3.46. The van der Waals surface area contributed by atoms with Crippen LogP contribution in [0.3, 0.4) is 0 Å². The normalized spacial score (nSPS) is 11.0. The average Bonchev–Trinajstić information content (AvgIpc) is 3.15. The fraction of sp³-hybridized carbons (Fsp3) is 0.200. The second-order valence-corrected chi connectivity index (χ2v) is 6.43. The number of aryl methyl sites for hydroxylation is 2. The van der Waals surface area contributed by atoms with Gasteiger partial charge in [-0.15, -0.1) is 5.10 Å². The van der Waals surface area contributed by atoms with Gasteiger partial charge in [-0.1, -0.05) is 23.4 Å². The molecule has 0 spiro atoms. The van der Waals surface area contributed by atoms with Crippen molar-refractivity contribution in [1.82, 2.24) is 24.8 Å². The van der Waals surface area contributed by atoms with Crippen LogP contribution in [0.15, 0.2) is 42.5 Å². The lowest BCUT2D eigenvalue weighted by molar-refractivity contribution is 0.659. The molecule has 0 saturated carbocycles. The minimum atomic E-state index is 0.661. The maximum absolute atomic E-state index is 8.98. The molecule has 0 aliphatic heterocycles. The molecule has 6 heteroatoms. The molecule has 0 saturated heterocycles. The molecule has 4 aromatic rings. The van der Waals surface area contributed by atoms with Crippen molar-refractivity contribution >= 4 is 11.0 Å². The first-order valence-corrected chi connectivity index (χ1v) is 8.39. The van der Waals surface area contributed by atoms with Crippen LogP contribution in [-0.2, 0) is 13.6 Å². The van der Waals surface area contributed by atoms with E-state index in [2.05, 4.69) is 35.4 Å². The lowest BCUT2D eigenvalue weighted by atomic mass is 10.0. The summed E-state index contributed by atoms with van der Waals surface area (Å²) in [7, 11) is 1.89. The lowest BCUT2D eigenvalue weighted by Crippen LogP contribution is -2.04. The molecule has 128 valence electrons. The lowest BCUT2D eigenvalue weighted by Gasteiger charge is -2.06. The van der Waals surface area contributed by atoms with Crippen LogP contribution in [-0.4, -0.2) is 24.8 Å². The van der Waals surface area contributed by atoms with E-state index in [9.17, 15) is 0 Å². The van der Waals surface area contributed by atoms with Crippen LogP contribution in [0.2, 0.25) is 0 Å². The van der Waals surface area contributed by atoms with Crippen LogP contribution >= 0.6 is 0 Å². The zero-order chi connectivity index (χ0) is 18.3. The maximum atomic E-state index is 8.98. The summed E-state index contributed by atoms with van der Waals surface area (Å²) < 4.78 is 3.78. The molecule has 2 aromatic heterocycles. The van der Waals surface area contributed by atoms with Crippen molar-refractivity contribution in [3.8, 4) is 17.2 Å². The maximum Gasteiger partial charge on any atom is 0.113 e. The molecule has 0 N–H and O–H groups in total. The highest BCUT2D eigenvalue weighted by molar-refractivity contribution is 5.75. The van der Waals surface area contributed by atoms with Crippen LogP contribution < -0.4 is 0 Å². The van der Waals surface area contributed by atoms with Crippen molar-refractivity contribution in [2.45, 2.75) is 20.4 Å². The highest BCUT2D eigenvalue weighted by Crippen LogP contribution is 2.27. The third-order valence-electron chi connectivity index (χ3n) is 4.69. The molecule has 2 heterocycles. The van der Waals surface area contributed by atoms with Crippen molar-refractivity contribution < 1.29 is 0 Å². The molecule has 0 amide bonds. The number of nitriles is 1. The van der Waals surface area contributed by atoms with Crippen molar-refractivity contribution in [3.63, 3.8) is 0 Å². The molecule has 4 rings (SSSR count). The first-order valence-electron chi connectivity index (χ1n) is 8.39. The Bertz CT molecular complexity index is 1140. The van der Waals surface area contributed by atoms with Crippen LogP contribution in [0.25, 0.3) is 22.2 Å². The molecule has 0 aliphatic rings. The van der Waals surface area contributed by atoms with Gasteiger partial charge in [0.2, 0.25) is 0 Å². The van der Waals surface area contributed by atoms with Crippen molar-refractivity contribution in [2.24, 2.45) is 7.05 Å². The molecule has 2 aromatic carbocycles. The van der Waals surface area contributed by atoms with E-state index in [1.54, 1.807) is 4.68 Å². The van der Waals surface area contributed by atoms with Gasteiger partial charge in [0.25, 0.3) is 0 Å². The Balaban J connectivity index is 1.69. The van der Waals surface area contributed by atoms with Gasteiger partial charge < -0.3 is 0 Å². The molecule has 0 fully saturated rings. The van der Waals surface area contributed by atoms with Gasteiger partial charge in [0.05, 0.1) is 29.4 Å². The number of fused-ring (bicyclic) bond motifs is 1. The van der Waals surface area contributed by atoms with Gasteiger partial charge in [-0.05, 0) is 49.2 Å². The number of hydrogen-bond donors (Lipinski definition) is 0. The smallest absolute Gasteiger partial charge is 0.113 e. The van der Waals surface area contributed by atoms with Gasteiger partial charge in [-0.2, -0.15) is 10.4 Å². The minimum Gasteiger partial charge on any atom is -0.265 e. The van der Waals surface area contributed by atoms with E-state index in [0.29, 0.717) is 12.1 Å². The Kier molecular flexibility index (Phi) is 3.77. The number of nitrogens with zero attached hydrogens (tertiary/aromatic N) is 6. The monoisotopic (exact) mass is 342 g/mol. The summed E-state index contributed by atoms with van der Waals surface area (Å²) in [6.07, 6.45) is 0. The van der Waals surface area contributed by atoms with E-state index in [0.717, 1.165) is 39.1 Å². The molecule has 0 bridgehead atoms. The van der Waals surface area contributed by atoms with Crippen LogP contribution in [0.4, 0.5) is 0 Å². The van der Waals surface area contributed by atoms with Gasteiger partial charge in [0.15, 0.2) is 0 Å². The van der Waals surface area contributed by atoms with E-state index in [1.165, 1.54) is 0 Å². The number of aromatic nitrogens is 5. The summed E-state index contributed by atoms with van der Waals surface area (Å²) >= 11 is 0. The number of rotatable bonds is 3. The first-order chi connectivity index (χ1) is 12.6. The van der Waals surface area contributed by atoms with Crippen molar-refractivity contribution in [1.29, 1.82) is 5.26 Å². The third kappa shape index (κ3) is 2.64. The van der Waals surface area contributed by atoms with Gasteiger partial charge >= 0.3 is 0 Å². The standard InChI is InChI=1S/C20H18N6/c1-13-20(17-7-4-15(11-21)5-8-17)14(2)26(23-13)12-16-6-9-19-18(10-16)22-24-25(19)3/h4-10H,12H2,1-3H3. The van der Waals surface area contributed by atoms with E-state index in [4.69, 9.17) is 10.4 Å². The summed E-state index contributed by atoms with van der Waals surface area (Å²) in [6, 6.07) is 16.0. The number of hydrogen-bond acceptors (Lipinski definition) is 4. The topological polar surface area (TPSA) is 72.3 Å². The van der Waals surface area contributed by atoms with Crippen molar-refractivity contribution in [3.05, 3.63) is 65.0 Å². The summed E-state index contributed by atoms with van der Waals surface area (Å²) in [5.74, 6) is 0. The van der Waals surface area contributed by atoms with E-state index < -0.39 is 0 Å². The molecular weight excluding hydrogens is 324 g/mol. The fourth-order valence-corrected chi connectivity index (χ4v) is 3.34. The molecule has 26 heavy (non-hydrogen) atoms. The van der Waals surface area contributed by atoms with E-state index in [-0.39, 0.29) is 0 Å². The van der Waals surface area contributed by atoms with Gasteiger partial charge in [-0.25, -0.2) is 4.68 Å². The van der Waals surface area contributed by atoms with E-state index in [1.807, 2.05) is 49.0 Å². The molecule has 0 aliphatic carbocycles. The molecule has 0 atom stereocenters. The summed E-state index contributed by atoms with van der Waals surface area (Å²) in [5, 5.41) is 21.9. The van der Waals surface area contributed by atoms with Crippen LogP contribution in [0.5, 0.6) is 0 Å². The summed E-state index contributed by atoms with van der Waals surface area (Å²) in [6.45, 7) is 4.77. The zero-order valence-corrected chi connectivity index (χ0v) is 14.9. The van der Waals surface area contributed by atoms with Gasteiger partial charge in [0.1, 0.15) is 5.52 Å². The highest BCUT2D eigenvalue weighted by Gasteiger charge is 2.14. The average molecular weight is 342 g/mol. The molecule has 0 radical (unpaired) electrons. The molecule has 6 nitrogen and oxygen atoms in total. The van der Waals surface area contributed by atoms with Gasteiger partial charge in [0, 0.05) is 18.3 Å². The predicted octanol–water partition coefficient (Wildman–Crippen LogP) is 3.37. The van der Waals surface area contributed by atoms with Gasteiger partial charge in [-0.3, -0.25) is 4.68 Å². The second-order valence-electron chi connectivity index (χ2n) is 6.43. The predicted molar refractivity (Wildman–Crippen MR) is 99.5 cm³/mol. The first kappa shape index (κ1) is 16.0. The Morgan fingerprint density at radius 1 is 1.08 bits per heavy atom. The SMILES string of the molecule is Cc1nn(Cc2ccc3c(c2)nnn3C)c(C)c1-c1ccc(C#N)cc1. The zero-order valence-electron chi connectivity index (χ0n) is 14.9. The Morgan fingerprint density at radius 3 is 2.58 bits per heavy atom.